The Balaban J connectivity index is -0.000000405. The van der Waals surface area contributed by atoms with Gasteiger partial charge in [0.2, 0.25) is 0 Å². The molecule has 7 heteroatoms. The van der Waals surface area contributed by atoms with Crippen molar-refractivity contribution in [1.82, 2.24) is 4.98 Å². The van der Waals surface area contributed by atoms with Crippen LogP contribution in [0.5, 0.6) is 0 Å². The minimum absolute atomic E-state index is 0. The number of aromatic nitrogens is 1. The first-order chi connectivity index (χ1) is 8.40. The van der Waals surface area contributed by atoms with Gasteiger partial charge in [-0.2, -0.15) is 0 Å². The van der Waals surface area contributed by atoms with Crippen molar-refractivity contribution in [2.75, 3.05) is 0 Å². The molecule has 0 saturated heterocycles. The molecule has 0 spiro atoms. The maximum absolute atomic E-state index is 4.62. The summed E-state index contributed by atoms with van der Waals surface area (Å²) >= 11 is 0. The van der Waals surface area contributed by atoms with Crippen LogP contribution in [0.25, 0.3) is 0 Å². The van der Waals surface area contributed by atoms with E-state index in [9.17, 15) is 0 Å². The molecular weight excluding hydrogens is 473 g/mol. The summed E-state index contributed by atoms with van der Waals surface area (Å²) in [5, 5.41) is 0. The molecule has 0 atom stereocenters. The van der Waals surface area contributed by atoms with Crippen LogP contribution >= 0.6 is 0 Å². The standard InChI is InChI=1S/C15H23N3.3ClH.Nd/c1-10(2)16-12(5)14-8-7-9-15(18-14)13(6)17-11(3)4;;;;/h7-11H,1-6H3;3*1H;/q;;;;+3/p-3. The third-order valence-electron chi connectivity index (χ3n) is 2.39. The van der Waals surface area contributed by atoms with Crippen LogP contribution in [0.4, 0.5) is 0 Å². The number of aliphatic imine (C=N–C) groups is 2. The van der Waals surface area contributed by atoms with Crippen LogP contribution in [0.15, 0.2) is 28.2 Å². The van der Waals surface area contributed by atoms with Crippen LogP contribution in [0.2, 0.25) is 0 Å². The number of pyridine rings is 1. The second kappa shape index (κ2) is 15.3. The van der Waals surface area contributed by atoms with Gasteiger partial charge in [0.25, 0.3) is 0 Å². The van der Waals surface area contributed by atoms with Gasteiger partial charge in [0.1, 0.15) is 0 Å². The van der Waals surface area contributed by atoms with Crippen LogP contribution in [-0.2, 0) is 0 Å². The van der Waals surface area contributed by atoms with E-state index >= 15 is 0 Å². The zero-order valence-corrected chi connectivity index (χ0v) is 19.3. The quantitative estimate of drug-likeness (QED) is 0.384. The van der Waals surface area contributed by atoms with E-state index < -0.39 is 0 Å². The molecule has 0 aliphatic heterocycles. The van der Waals surface area contributed by atoms with E-state index in [-0.39, 0.29) is 78.1 Å². The predicted molar refractivity (Wildman–Crippen MR) is 78.9 cm³/mol. The van der Waals surface area contributed by atoms with Crippen LogP contribution in [0.1, 0.15) is 52.9 Å². The first kappa shape index (κ1) is 30.6. The minimum Gasteiger partial charge on any atom is -1.00 e. The minimum atomic E-state index is 0. The number of rotatable bonds is 4. The molecule has 0 aliphatic rings. The van der Waals surface area contributed by atoms with Gasteiger partial charge in [-0.3, -0.25) is 9.98 Å². The van der Waals surface area contributed by atoms with Gasteiger partial charge >= 0.3 is 40.8 Å². The van der Waals surface area contributed by atoms with Gasteiger partial charge in [0.15, 0.2) is 0 Å². The monoisotopic (exact) mass is 492 g/mol. The molecule has 1 rings (SSSR count). The van der Waals surface area contributed by atoms with Crippen molar-refractivity contribution in [2.24, 2.45) is 9.98 Å². The van der Waals surface area contributed by atoms with Crippen molar-refractivity contribution in [3.63, 3.8) is 0 Å². The van der Waals surface area contributed by atoms with Gasteiger partial charge in [-0.25, -0.2) is 4.98 Å². The summed E-state index contributed by atoms with van der Waals surface area (Å²) in [7, 11) is 0. The molecule has 0 bridgehead atoms. The molecule has 0 unspecified atom stereocenters. The average molecular weight is 496 g/mol. The van der Waals surface area contributed by atoms with E-state index in [4.69, 9.17) is 0 Å². The molecule has 0 saturated carbocycles. The number of hydrogen-bond acceptors (Lipinski definition) is 3. The molecule has 1 aromatic heterocycles. The Bertz CT molecular complexity index is 436. The Morgan fingerprint density at radius 2 is 1.14 bits per heavy atom. The summed E-state index contributed by atoms with van der Waals surface area (Å²) in [6, 6.07) is 6.58. The first-order valence-electron chi connectivity index (χ1n) is 6.46. The second-order valence-electron chi connectivity index (χ2n) is 5.02. The maximum atomic E-state index is 4.62. The topological polar surface area (TPSA) is 37.6 Å². The third kappa shape index (κ3) is 11.3. The summed E-state index contributed by atoms with van der Waals surface area (Å²) in [6.45, 7) is 12.3. The molecule has 0 N–H and O–H groups in total. The van der Waals surface area contributed by atoms with Crippen molar-refractivity contribution in [2.45, 2.75) is 53.6 Å². The van der Waals surface area contributed by atoms with Crippen molar-refractivity contribution in [3.8, 4) is 0 Å². The smallest absolute Gasteiger partial charge is 1.00 e. The van der Waals surface area contributed by atoms with E-state index in [2.05, 4.69) is 42.7 Å². The normalized spacial score (nSPS) is 11.1. The van der Waals surface area contributed by atoms with Crippen LogP contribution < -0.4 is 37.2 Å². The summed E-state index contributed by atoms with van der Waals surface area (Å²) in [6.07, 6.45) is 0. The van der Waals surface area contributed by atoms with Crippen LogP contribution in [0, 0.1) is 40.8 Å². The molecule has 0 aliphatic carbocycles. The molecule has 1 radical (unpaired) electrons. The Labute approximate surface area is 186 Å². The van der Waals surface area contributed by atoms with E-state index in [1.165, 1.54) is 0 Å². The molecule has 1 aromatic rings. The molecular formula is C15H23Cl3N3Nd. The number of halogens is 3. The molecule has 0 fully saturated rings. The Morgan fingerprint density at radius 3 is 1.41 bits per heavy atom. The molecule has 123 valence electrons. The number of hydrogen-bond donors (Lipinski definition) is 0. The Hall–Kier alpha value is 0.711. The van der Waals surface area contributed by atoms with E-state index in [0.717, 1.165) is 22.8 Å². The second-order valence-corrected chi connectivity index (χ2v) is 5.02. The van der Waals surface area contributed by atoms with Crippen molar-refractivity contribution in [3.05, 3.63) is 29.6 Å². The maximum Gasteiger partial charge on any atom is 3.00 e. The zero-order valence-electron chi connectivity index (χ0n) is 13.9. The fraction of sp³-hybridized carbons (Fsp3) is 0.533. The van der Waals surface area contributed by atoms with Gasteiger partial charge in [0, 0.05) is 12.1 Å². The predicted octanol–water partition coefficient (Wildman–Crippen LogP) is -5.47. The van der Waals surface area contributed by atoms with Crippen molar-refractivity contribution in [1.29, 1.82) is 0 Å². The fourth-order valence-electron chi connectivity index (χ4n) is 1.74. The van der Waals surface area contributed by atoms with Gasteiger partial charge in [0.05, 0.1) is 22.8 Å². The van der Waals surface area contributed by atoms with E-state index in [0.29, 0.717) is 12.1 Å². The molecule has 22 heavy (non-hydrogen) atoms. The van der Waals surface area contributed by atoms with Crippen molar-refractivity contribution < 1.29 is 78.1 Å². The first-order valence-corrected chi connectivity index (χ1v) is 6.46. The van der Waals surface area contributed by atoms with E-state index in [1.807, 2.05) is 32.0 Å². The fourth-order valence-corrected chi connectivity index (χ4v) is 1.74. The Kier molecular flexibility index (Phi) is 21.2. The van der Waals surface area contributed by atoms with Gasteiger partial charge in [-0.1, -0.05) is 6.07 Å². The SMILES string of the molecule is CC(=NC(C)C)c1cccc(C(C)=NC(C)C)n1.[Cl-].[Cl-].[Cl-].[Nd+3]. The van der Waals surface area contributed by atoms with Crippen molar-refractivity contribution >= 4 is 11.4 Å². The molecule has 0 amide bonds. The van der Waals surface area contributed by atoms with Crippen LogP contribution in [-0.4, -0.2) is 28.5 Å². The Morgan fingerprint density at radius 1 is 0.818 bits per heavy atom. The molecule has 1 heterocycles. The van der Waals surface area contributed by atoms with Gasteiger partial charge in [-0.05, 0) is 53.7 Å². The largest absolute Gasteiger partial charge is 3.00 e. The number of nitrogens with zero attached hydrogens (tertiary/aromatic N) is 3. The summed E-state index contributed by atoms with van der Waals surface area (Å²) in [5.74, 6) is 0. The summed E-state index contributed by atoms with van der Waals surface area (Å²) < 4.78 is 0. The van der Waals surface area contributed by atoms with Gasteiger partial charge in [-0.15, -0.1) is 0 Å². The molecule has 3 nitrogen and oxygen atoms in total. The van der Waals surface area contributed by atoms with Crippen LogP contribution in [0.3, 0.4) is 0 Å². The van der Waals surface area contributed by atoms with E-state index in [1.54, 1.807) is 0 Å². The summed E-state index contributed by atoms with van der Waals surface area (Å²) in [4.78, 5) is 13.7. The average Bonchev–Trinajstić information content (AvgIpc) is 2.27. The summed E-state index contributed by atoms with van der Waals surface area (Å²) in [5.41, 5.74) is 3.81. The van der Waals surface area contributed by atoms with Gasteiger partial charge < -0.3 is 37.2 Å². The zero-order chi connectivity index (χ0) is 13.7. The third-order valence-corrected chi connectivity index (χ3v) is 2.39. The molecule has 0 aromatic carbocycles.